The molecule has 1 N–H and O–H groups in total. The summed E-state index contributed by atoms with van der Waals surface area (Å²) >= 11 is 1.13. The maximum Gasteiger partial charge on any atom is 0.243 e. The molecular weight excluding hydrogens is 399 g/mol. The zero-order valence-corrected chi connectivity index (χ0v) is 17.2. The molecular formula is C20H23FN2O3S2. The van der Waals surface area contributed by atoms with Crippen LogP contribution in [-0.2, 0) is 14.8 Å². The zero-order chi connectivity index (χ0) is 20.1. The quantitative estimate of drug-likeness (QED) is 0.711. The van der Waals surface area contributed by atoms with Crippen molar-refractivity contribution in [2.45, 2.75) is 41.2 Å². The molecule has 0 spiro atoms. The van der Waals surface area contributed by atoms with Crippen LogP contribution >= 0.6 is 11.8 Å². The van der Waals surface area contributed by atoms with Crippen molar-refractivity contribution >= 4 is 33.4 Å². The Morgan fingerprint density at radius 2 is 1.71 bits per heavy atom. The minimum Gasteiger partial charge on any atom is -0.325 e. The van der Waals surface area contributed by atoms with Crippen molar-refractivity contribution < 1.29 is 17.6 Å². The molecule has 0 bridgehead atoms. The number of amides is 1. The molecule has 2 aromatic carbocycles. The molecule has 0 aromatic heterocycles. The summed E-state index contributed by atoms with van der Waals surface area (Å²) in [4.78, 5) is 13.0. The number of sulfonamides is 1. The number of rotatable bonds is 6. The van der Waals surface area contributed by atoms with Gasteiger partial charge in [-0.3, -0.25) is 4.79 Å². The Bertz CT molecular complexity index is 927. The van der Waals surface area contributed by atoms with E-state index in [9.17, 15) is 17.6 Å². The number of hydrogen-bond donors (Lipinski definition) is 1. The first-order valence-corrected chi connectivity index (χ1v) is 11.5. The molecule has 3 rings (SSSR count). The van der Waals surface area contributed by atoms with Gasteiger partial charge in [0.1, 0.15) is 5.82 Å². The van der Waals surface area contributed by atoms with Crippen molar-refractivity contribution in [3.05, 3.63) is 54.3 Å². The second kappa shape index (κ2) is 9.07. The van der Waals surface area contributed by atoms with Gasteiger partial charge in [-0.2, -0.15) is 4.31 Å². The van der Waals surface area contributed by atoms with E-state index in [4.69, 9.17) is 0 Å². The van der Waals surface area contributed by atoms with E-state index < -0.39 is 15.3 Å². The summed E-state index contributed by atoms with van der Waals surface area (Å²) in [5.74, 6) is -0.640. The minimum absolute atomic E-state index is 0.223. The Morgan fingerprint density at radius 1 is 1.07 bits per heavy atom. The Kier molecular flexibility index (Phi) is 6.74. The van der Waals surface area contributed by atoms with Crippen molar-refractivity contribution in [2.75, 3.05) is 18.4 Å². The molecule has 1 saturated heterocycles. The van der Waals surface area contributed by atoms with E-state index in [1.807, 2.05) is 0 Å². The predicted octanol–water partition coefficient (Wildman–Crippen LogP) is 4.12. The topological polar surface area (TPSA) is 66.5 Å². The first-order chi connectivity index (χ1) is 13.4. The largest absolute Gasteiger partial charge is 0.325 e. The van der Waals surface area contributed by atoms with Crippen LogP contribution in [0.5, 0.6) is 0 Å². The highest BCUT2D eigenvalue weighted by Gasteiger charge is 2.25. The fourth-order valence-corrected chi connectivity index (χ4v) is 5.39. The van der Waals surface area contributed by atoms with E-state index in [1.165, 1.54) is 22.5 Å². The van der Waals surface area contributed by atoms with Crippen LogP contribution < -0.4 is 5.32 Å². The van der Waals surface area contributed by atoms with Crippen LogP contribution in [0.3, 0.4) is 0 Å². The molecule has 1 aliphatic rings. The van der Waals surface area contributed by atoms with Gasteiger partial charge in [0.25, 0.3) is 0 Å². The Hall–Kier alpha value is -1.90. The number of nitrogens with one attached hydrogen (secondary N) is 1. The Balaban J connectivity index is 1.63. The van der Waals surface area contributed by atoms with Gasteiger partial charge in [0.05, 0.1) is 10.1 Å². The SMILES string of the molecule is C[C@@H](Sc1ccccc1F)C(=O)Nc1ccc(S(=O)(=O)N2CCCCC2)cc1. The van der Waals surface area contributed by atoms with Gasteiger partial charge in [-0.1, -0.05) is 18.6 Å². The van der Waals surface area contributed by atoms with E-state index in [1.54, 1.807) is 37.3 Å². The van der Waals surface area contributed by atoms with E-state index in [0.29, 0.717) is 23.7 Å². The molecule has 0 unspecified atom stereocenters. The number of hydrogen-bond acceptors (Lipinski definition) is 4. The first-order valence-electron chi connectivity index (χ1n) is 9.20. The van der Waals surface area contributed by atoms with Gasteiger partial charge in [0.2, 0.25) is 15.9 Å². The second-order valence-corrected chi connectivity index (χ2v) is 9.99. The average Bonchev–Trinajstić information content (AvgIpc) is 2.70. The number of piperidine rings is 1. The third kappa shape index (κ3) is 4.92. The third-order valence-electron chi connectivity index (χ3n) is 4.58. The lowest BCUT2D eigenvalue weighted by molar-refractivity contribution is -0.115. The van der Waals surface area contributed by atoms with Gasteiger partial charge in [-0.05, 0) is 56.2 Å². The van der Waals surface area contributed by atoms with E-state index >= 15 is 0 Å². The van der Waals surface area contributed by atoms with Crippen LogP contribution in [0.1, 0.15) is 26.2 Å². The fourth-order valence-electron chi connectivity index (χ4n) is 2.99. The molecule has 0 radical (unpaired) electrons. The van der Waals surface area contributed by atoms with Gasteiger partial charge in [0.15, 0.2) is 0 Å². The fraction of sp³-hybridized carbons (Fsp3) is 0.350. The van der Waals surface area contributed by atoms with Crippen LogP contribution in [0.25, 0.3) is 0 Å². The number of benzene rings is 2. The highest BCUT2D eigenvalue weighted by molar-refractivity contribution is 8.00. The van der Waals surface area contributed by atoms with Gasteiger partial charge in [-0.15, -0.1) is 11.8 Å². The van der Waals surface area contributed by atoms with Crippen LogP contribution in [-0.4, -0.2) is 37.0 Å². The number of thioether (sulfide) groups is 1. The zero-order valence-electron chi connectivity index (χ0n) is 15.6. The van der Waals surface area contributed by atoms with Gasteiger partial charge in [0, 0.05) is 23.7 Å². The number of carbonyl (C=O) groups is 1. The first kappa shape index (κ1) is 20.8. The van der Waals surface area contributed by atoms with Crippen molar-refractivity contribution in [1.82, 2.24) is 4.31 Å². The summed E-state index contributed by atoms with van der Waals surface area (Å²) in [6, 6.07) is 12.5. The normalized spacial score (nSPS) is 16.5. The number of carbonyl (C=O) groups excluding carboxylic acids is 1. The minimum atomic E-state index is -3.49. The predicted molar refractivity (Wildman–Crippen MR) is 109 cm³/mol. The summed E-state index contributed by atoms with van der Waals surface area (Å²) in [5.41, 5.74) is 0.503. The lowest BCUT2D eigenvalue weighted by atomic mass is 10.2. The van der Waals surface area contributed by atoms with E-state index in [2.05, 4.69) is 5.32 Å². The molecule has 28 heavy (non-hydrogen) atoms. The molecule has 1 amide bonds. The summed E-state index contributed by atoms with van der Waals surface area (Å²) in [7, 11) is -3.49. The van der Waals surface area contributed by atoms with Crippen molar-refractivity contribution in [1.29, 1.82) is 0 Å². The van der Waals surface area contributed by atoms with Crippen molar-refractivity contribution in [3.8, 4) is 0 Å². The van der Waals surface area contributed by atoms with Gasteiger partial charge < -0.3 is 5.32 Å². The molecule has 2 aromatic rings. The van der Waals surface area contributed by atoms with E-state index in [0.717, 1.165) is 31.0 Å². The highest BCUT2D eigenvalue weighted by atomic mass is 32.2. The molecule has 150 valence electrons. The number of halogens is 1. The summed E-state index contributed by atoms with van der Waals surface area (Å²) in [6.45, 7) is 2.79. The maximum atomic E-state index is 13.7. The van der Waals surface area contributed by atoms with Gasteiger partial charge >= 0.3 is 0 Å². The summed E-state index contributed by atoms with van der Waals surface area (Å²) in [5, 5.41) is 2.24. The van der Waals surface area contributed by atoms with Crippen molar-refractivity contribution in [2.24, 2.45) is 0 Å². The highest BCUT2D eigenvalue weighted by Crippen LogP contribution is 2.27. The lowest BCUT2D eigenvalue weighted by Gasteiger charge is -2.25. The second-order valence-electron chi connectivity index (χ2n) is 6.67. The summed E-state index contributed by atoms with van der Waals surface area (Å²) < 4.78 is 40.6. The van der Waals surface area contributed by atoms with Crippen LogP contribution in [0.15, 0.2) is 58.3 Å². The Labute approximate surface area is 169 Å². The molecule has 5 nitrogen and oxygen atoms in total. The standard InChI is InChI=1S/C20H23FN2O3S2/c1-15(27-19-8-4-3-7-18(19)21)20(24)22-16-9-11-17(12-10-16)28(25,26)23-13-5-2-6-14-23/h3-4,7-12,15H,2,5-6,13-14H2,1H3,(H,22,24)/t15-/m1/s1. The lowest BCUT2D eigenvalue weighted by Crippen LogP contribution is -2.35. The van der Waals surface area contributed by atoms with E-state index in [-0.39, 0.29) is 16.6 Å². The van der Waals surface area contributed by atoms with Crippen LogP contribution in [0, 0.1) is 5.82 Å². The molecule has 1 aliphatic heterocycles. The maximum absolute atomic E-state index is 13.7. The molecule has 1 atom stereocenters. The van der Waals surface area contributed by atoms with Crippen LogP contribution in [0.2, 0.25) is 0 Å². The molecule has 1 fully saturated rings. The monoisotopic (exact) mass is 422 g/mol. The molecule has 8 heteroatoms. The average molecular weight is 423 g/mol. The smallest absolute Gasteiger partial charge is 0.243 e. The number of anilines is 1. The van der Waals surface area contributed by atoms with Crippen molar-refractivity contribution in [3.63, 3.8) is 0 Å². The number of nitrogens with zero attached hydrogens (tertiary/aromatic N) is 1. The molecule has 1 heterocycles. The Morgan fingerprint density at radius 3 is 2.36 bits per heavy atom. The third-order valence-corrected chi connectivity index (χ3v) is 7.65. The molecule has 0 aliphatic carbocycles. The van der Waals surface area contributed by atoms with Crippen LogP contribution in [0.4, 0.5) is 10.1 Å². The molecule has 0 saturated carbocycles. The summed E-state index contributed by atoms with van der Waals surface area (Å²) in [6.07, 6.45) is 2.82. The van der Waals surface area contributed by atoms with Gasteiger partial charge in [-0.25, -0.2) is 12.8 Å².